The van der Waals surface area contributed by atoms with E-state index >= 15 is 0 Å². The average molecular weight is 347 g/mol. The van der Waals surface area contributed by atoms with E-state index in [0.29, 0.717) is 30.7 Å². The smallest absolute Gasteiger partial charge is 0.349 e. The van der Waals surface area contributed by atoms with Gasteiger partial charge in [0.1, 0.15) is 16.9 Å². The standard InChI is InChI=1S/C18H21NO6/c1-3-4-5-16(20)24-13-7-6-12-10-14(17(21)19-8-9-23-2)18(22)25-15(12)11-13/h6-7,10-11H,3-5,8-9H2,1-2H3,(H,19,21). The van der Waals surface area contributed by atoms with Crippen LogP contribution < -0.4 is 15.7 Å². The molecule has 1 heterocycles. The van der Waals surface area contributed by atoms with Crippen molar-refractivity contribution in [3.8, 4) is 5.75 Å². The van der Waals surface area contributed by atoms with Crippen LogP contribution in [0.1, 0.15) is 36.5 Å². The van der Waals surface area contributed by atoms with Crippen molar-refractivity contribution in [2.45, 2.75) is 26.2 Å². The highest BCUT2D eigenvalue weighted by Gasteiger charge is 2.14. The summed E-state index contributed by atoms with van der Waals surface area (Å²) < 4.78 is 15.2. The van der Waals surface area contributed by atoms with Crippen LogP contribution in [-0.2, 0) is 9.53 Å². The Bertz CT molecular complexity index is 811. The molecule has 0 unspecified atom stereocenters. The number of unbranched alkanes of at least 4 members (excludes halogenated alkanes) is 1. The number of carbonyl (C=O) groups is 2. The van der Waals surface area contributed by atoms with Gasteiger partial charge in [-0.3, -0.25) is 9.59 Å². The lowest BCUT2D eigenvalue weighted by Crippen LogP contribution is -2.30. The van der Waals surface area contributed by atoms with Crippen LogP contribution in [0.3, 0.4) is 0 Å². The van der Waals surface area contributed by atoms with Crippen LogP contribution in [0.5, 0.6) is 5.75 Å². The molecular weight excluding hydrogens is 326 g/mol. The van der Waals surface area contributed by atoms with E-state index in [-0.39, 0.29) is 17.1 Å². The number of esters is 1. The van der Waals surface area contributed by atoms with Crippen molar-refractivity contribution in [1.82, 2.24) is 5.32 Å². The molecule has 1 N–H and O–H groups in total. The van der Waals surface area contributed by atoms with Crippen LogP contribution in [0.25, 0.3) is 11.0 Å². The molecule has 0 aliphatic rings. The quantitative estimate of drug-likeness (QED) is 0.341. The first-order chi connectivity index (χ1) is 12.0. The molecule has 0 saturated heterocycles. The number of methoxy groups -OCH3 is 1. The third kappa shape index (κ3) is 5.15. The van der Waals surface area contributed by atoms with Gasteiger partial charge in [-0.15, -0.1) is 0 Å². The van der Waals surface area contributed by atoms with Crippen LogP contribution in [0, 0.1) is 0 Å². The Balaban J connectivity index is 2.18. The first-order valence-electron chi connectivity index (χ1n) is 8.11. The number of benzene rings is 1. The number of ether oxygens (including phenoxy) is 2. The minimum absolute atomic E-state index is 0.0868. The summed E-state index contributed by atoms with van der Waals surface area (Å²) in [7, 11) is 1.52. The second kappa shape index (κ2) is 8.98. The maximum Gasteiger partial charge on any atom is 0.349 e. The SMILES string of the molecule is CCCCC(=O)Oc1ccc2cc(C(=O)NCCOC)c(=O)oc2c1. The Kier molecular flexibility index (Phi) is 6.71. The molecule has 0 aliphatic heterocycles. The highest BCUT2D eigenvalue weighted by molar-refractivity contribution is 5.96. The fraction of sp³-hybridized carbons (Fsp3) is 0.389. The molecule has 1 aromatic heterocycles. The molecule has 134 valence electrons. The largest absolute Gasteiger partial charge is 0.426 e. The second-order valence-electron chi connectivity index (χ2n) is 5.47. The molecule has 0 spiro atoms. The highest BCUT2D eigenvalue weighted by Crippen LogP contribution is 2.21. The Labute approximate surface area is 144 Å². The van der Waals surface area contributed by atoms with Crippen LogP contribution in [0.15, 0.2) is 33.5 Å². The van der Waals surface area contributed by atoms with Crippen molar-refractivity contribution in [2.24, 2.45) is 0 Å². The first-order valence-corrected chi connectivity index (χ1v) is 8.11. The molecule has 2 rings (SSSR count). The van der Waals surface area contributed by atoms with Crippen molar-refractivity contribution in [3.63, 3.8) is 0 Å². The summed E-state index contributed by atoms with van der Waals surface area (Å²) in [6, 6.07) is 6.14. The Morgan fingerprint density at radius 3 is 2.76 bits per heavy atom. The molecule has 1 aromatic carbocycles. The average Bonchev–Trinajstić information content (AvgIpc) is 2.59. The molecule has 0 aliphatic carbocycles. The van der Waals surface area contributed by atoms with Gasteiger partial charge in [0.15, 0.2) is 0 Å². The molecular formula is C18H21NO6. The second-order valence-corrected chi connectivity index (χ2v) is 5.47. The molecule has 25 heavy (non-hydrogen) atoms. The van der Waals surface area contributed by atoms with E-state index in [2.05, 4.69) is 5.32 Å². The topological polar surface area (TPSA) is 94.8 Å². The molecule has 0 saturated carbocycles. The summed E-state index contributed by atoms with van der Waals surface area (Å²) in [6.07, 6.45) is 1.99. The lowest BCUT2D eigenvalue weighted by molar-refractivity contribution is -0.134. The first kappa shape index (κ1) is 18.7. The van der Waals surface area contributed by atoms with Crippen molar-refractivity contribution in [2.75, 3.05) is 20.3 Å². The molecule has 1 amide bonds. The maximum absolute atomic E-state index is 12.0. The van der Waals surface area contributed by atoms with Crippen molar-refractivity contribution in [3.05, 3.63) is 40.2 Å². The number of rotatable bonds is 8. The monoisotopic (exact) mass is 347 g/mol. The van der Waals surface area contributed by atoms with Gasteiger partial charge in [-0.1, -0.05) is 13.3 Å². The van der Waals surface area contributed by atoms with Gasteiger partial charge in [0.25, 0.3) is 5.91 Å². The highest BCUT2D eigenvalue weighted by atomic mass is 16.5. The normalized spacial score (nSPS) is 10.6. The van der Waals surface area contributed by atoms with Crippen molar-refractivity contribution < 1.29 is 23.5 Å². The summed E-state index contributed by atoms with van der Waals surface area (Å²) in [4.78, 5) is 35.7. The summed E-state index contributed by atoms with van der Waals surface area (Å²) in [5.74, 6) is -0.561. The summed E-state index contributed by atoms with van der Waals surface area (Å²) >= 11 is 0. The zero-order chi connectivity index (χ0) is 18.2. The lowest BCUT2D eigenvalue weighted by atomic mass is 10.1. The van der Waals surface area contributed by atoms with Gasteiger partial charge in [-0.25, -0.2) is 4.79 Å². The lowest BCUT2D eigenvalue weighted by Gasteiger charge is -2.06. The van der Waals surface area contributed by atoms with Crippen LogP contribution in [-0.4, -0.2) is 32.1 Å². The predicted molar refractivity (Wildman–Crippen MR) is 91.9 cm³/mol. The van der Waals surface area contributed by atoms with E-state index in [9.17, 15) is 14.4 Å². The fourth-order valence-corrected chi connectivity index (χ4v) is 2.18. The Morgan fingerprint density at radius 2 is 2.04 bits per heavy atom. The van der Waals surface area contributed by atoms with E-state index in [0.717, 1.165) is 12.8 Å². The van der Waals surface area contributed by atoms with Crippen LogP contribution in [0.4, 0.5) is 0 Å². The van der Waals surface area contributed by atoms with Gasteiger partial charge >= 0.3 is 11.6 Å². The van der Waals surface area contributed by atoms with E-state index in [1.165, 1.54) is 19.2 Å². The molecule has 2 aromatic rings. The Morgan fingerprint density at radius 1 is 1.24 bits per heavy atom. The van der Waals surface area contributed by atoms with Gasteiger partial charge in [-0.05, 0) is 24.6 Å². The van der Waals surface area contributed by atoms with E-state index in [4.69, 9.17) is 13.9 Å². The third-order valence-electron chi connectivity index (χ3n) is 3.51. The van der Waals surface area contributed by atoms with Crippen molar-refractivity contribution >= 4 is 22.8 Å². The molecule has 0 radical (unpaired) electrons. The number of nitrogens with one attached hydrogen (secondary N) is 1. The minimum Gasteiger partial charge on any atom is -0.426 e. The molecule has 0 atom stereocenters. The van der Waals surface area contributed by atoms with E-state index < -0.39 is 11.5 Å². The number of amides is 1. The van der Waals surface area contributed by atoms with Gasteiger partial charge in [-0.2, -0.15) is 0 Å². The zero-order valence-electron chi connectivity index (χ0n) is 14.3. The van der Waals surface area contributed by atoms with Gasteiger partial charge in [0.2, 0.25) is 0 Å². The van der Waals surface area contributed by atoms with Gasteiger partial charge < -0.3 is 19.2 Å². The minimum atomic E-state index is -0.753. The molecule has 7 heteroatoms. The van der Waals surface area contributed by atoms with Gasteiger partial charge in [0.05, 0.1) is 6.61 Å². The summed E-state index contributed by atoms with van der Waals surface area (Å²) in [5, 5.41) is 3.13. The molecule has 0 bridgehead atoms. The number of fused-ring (bicyclic) bond motifs is 1. The van der Waals surface area contributed by atoms with Gasteiger partial charge in [0, 0.05) is 31.5 Å². The maximum atomic E-state index is 12.0. The Hall–Kier alpha value is -2.67. The van der Waals surface area contributed by atoms with E-state index in [1.54, 1.807) is 12.1 Å². The number of carbonyl (C=O) groups excluding carboxylic acids is 2. The molecule has 7 nitrogen and oxygen atoms in total. The van der Waals surface area contributed by atoms with E-state index in [1.807, 2.05) is 6.92 Å². The zero-order valence-corrected chi connectivity index (χ0v) is 14.3. The predicted octanol–water partition coefficient (Wildman–Crippen LogP) is 2.26. The van der Waals surface area contributed by atoms with Crippen LogP contribution >= 0.6 is 0 Å². The number of hydrogen-bond acceptors (Lipinski definition) is 6. The molecule has 0 fully saturated rings. The summed E-state index contributed by atoms with van der Waals surface area (Å²) in [5.41, 5.74) is -0.590. The number of hydrogen-bond donors (Lipinski definition) is 1. The fourth-order valence-electron chi connectivity index (χ4n) is 2.18. The van der Waals surface area contributed by atoms with Crippen molar-refractivity contribution in [1.29, 1.82) is 0 Å². The summed E-state index contributed by atoms with van der Waals surface area (Å²) in [6.45, 7) is 2.62. The van der Waals surface area contributed by atoms with Crippen LogP contribution in [0.2, 0.25) is 0 Å². The third-order valence-corrected chi connectivity index (χ3v) is 3.51.